The summed E-state index contributed by atoms with van der Waals surface area (Å²) in [6, 6.07) is 16.2. The third kappa shape index (κ3) is 5.17. The van der Waals surface area contributed by atoms with Gasteiger partial charge in [0.2, 0.25) is 0 Å². The van der Waals surface area contributed by atoms with E-state index in [-0.39, 0.29) is 0 Å². The highest BCUT2D eigenvalue weighted by atomic mass is 16.3. The molecule has 0 fully saturated rings. The molecule has 2 rings (SSSR count). The molecule has 2 N–H and O–H groups in total. The van der Waals surface area contributed by atoms with Gasteiger partial charge in [0, 0.05) is 19.6 Å². The van der Waals surface area contributed by atoms with Gasteiger partial charge in [-0.25, -0.2) is 0 Å². The molecule has 0 saturated carbocycles. The van der Waals surface area contributed by atoms with Crippen LogP contribution < -0.4 is 5.32 Å². The molecule has 0 bridgehead atoms. The highest BCUT2D eigenvalue weighted by Crippen LogP contribution is 2.10. The first-order valence-corrected chi connectivity index (χ1v) is 8.00. The molecular weight excluding hydrogens is 272 g/mol. The molecule has 0 aromatic heterocycles. The quantitative estimate of drug-likeness (QED) is 0.782. The zero-order valence-corrected chi connectivity index (χ0v) is 13.5. The van der Waals surface area contributed by atoms with Crippen molar-refractivity contribution in [3.8, 4) is 5.75 Å². The Kier molecular flexibility index (Phi) is 6.44. The number of hydrogen-bond donors (Lipinski definition) is 2. The van der Waals surface area contributed by atoms with Gasteiger partial charge in [0.15, 0.2) is 0 Å². The summed E-state index contributed by atoms with van der Waals surface area (Å²) in [5.74, 6) is 0.313. The van der Waals surface area contributed by atoms with Crippen molar-refractivity contribution in [2.24, 2.45) is 0 Å². The minimum atomic E-state index is 0.313. The van der Waals surface area contributed by atoms with Crippen molar-refractivity contribution in [2.45, 2.75) is 33.5 Å². The third-order valence-corrected chi connectivity index (χ3v) is 3.92. The lowest BCUT2D eigenvalue weighted by Crippen LogP contribution is -2.22. The van der Waals surface area contributed by atoms with E-state index in [0.717, 1.165) is 32.7 Å². The second-order valence-electron chi connectivity index (χ2n) is 5.55. The average molecular weight is 298 g/mol. The zero-order valence-electron chi connectivity index (χ0n) is 13.5. The second-order valence-corrected chi connectivity index (χ2v) is 5.55. The van der Waals surface area contributed by atoms with Crippen LogP contribution in [0.2, 0.25) is 0 Å². The molecule has 118 valence electrons. The fourth-order valence-corrected chi connectivity index (χ4v) is 2.43. The fraction of sp³-hybridized carbons (Fsp3) is 0.368. The maximum atomic E-state index is 9.26. The molecule has 0 heterocycles. The first kappa shape index (κ1) is 16.5. The first-order chi connectivity index (χ1) is 10.7. The molecule has 3 heteroatoms. The number of phenolic OH excluding ortho intramolecular Hbond substituents is 1. The van der Waals surface area contributed by atoms with E-state index in [1.807, 2.05) is 12.1 Å². The lowest BCUT2D eigenvalue weighted by atomic mass is 10.1. The van der Waals surface area contributed by atoms with Crippen LogP contribution in [-0.4, -0.2) is 23.1 Å². The summed E-state index contributed by atoms with van der Waals surface area (Å²) < 4.78 is 0. The summed E-state index contributed by atoms with van der Waals surface area (Å²) in [7, 11) is 0. The molecule has 2 aromatic rings. The van der Waals surface area contributed by atoms with Crippen LogP contribution in [0.1, 0.15) is 30.5 Å². The van der Waals surface area contributed by atoms with E-state index in [0.29, 0.717) is 5.75 Å². The Bertz CT molecular complexity index is 545. The molecule has 0 aliphatic heterocycles. The highest BCUT2D eigenvalue weighted by Gasteiger charge is 2.01. The van der Waals surface area contributed by atoms with Crippen molar-refractivity contribution in [3.05, 3.63) is 65.2 Å². The lowest BCUT2D eigenvalue weighted by Gasteiger charge is -2.18. The minimum Gasteiger partial charge on any atom is -0.508 e. The molecule has 0 aliphatic rings. The van der Waals surface area contributed by atoms with E-state index < -0.39 is 0 Å². The number of benzene rings is 2. The summed E-state index contributed by atoms with van der Waals surface area (Å²) in [5.41, 5.74) is 3.84. The molecular formula is C19H26N2O. The van der Waals surface area contributed by atoms with Crippen molar-refractivity contribution < 1.29 is 5.11 Å². The number of rotatable bonds is 8. The Morgan fingerprint density at radius 1 is 0.773 bits per heavy atom. The molecule has 0 aliphatic carbocycles. The molecule has 22 heavy (non-hydrogen) atoms. The van der Waals surface area contributed by atoms with Crippen molar-refractivity contribution >= 4 is 0 Å². The topological polar surface area (TPSA) is 35.5 Å². The van der Waals surface area contributed by atoms with Gasteiger partial charge in [0.05, 0.1) is 0 Å². The maximum absolute atomic E-state index is 9.26. The highest BCUT2D eigenvalue weighted by molar-refractivity contribution is 5.26. The van der Waals surface area contributed by atoms with Crippen molar-refractivity contribution in [1.29, 1.82) is 0 Å². The summed E-state index contributed by atoms with van der Waals surface area (Å²) in [4.78, 5) is 2.41. The van der Waals surface area contributed by atoms with Gasteiger partial charge >= 0.3 is 0 Å². The normalized spacial score (nSPS) is 11.0. The summed E-state index contributed by atoms with van der Waals surface area (Å²) in [6.45, 7) is 9.26. The van der Waals surface area contributed by atoms with Gasteiger partial charge in [0.25, 0.3) is 0 Å². The van der Waals surface area contributed by atoms with Crippen molar-refractivity contribution in [1.82, 2.24) is 10.2 Å². The van der Waals surface area contributed by atoms with Gasteiger partial charge in [-0.3, -0.25) is 4.90 Å². The van der Waals surface area contributed by atoms with Crippen molar-refractivity contribution in [2.75, 3.05) is 13.1 Å². The Morgan fingerprint density at radius 2 is 1.23 bits per heavy atom. The number of nitrogens with zero attached hydrogens (tertiary/aromatic N) is 1. The molecule has 0 radical (unpaired) electrons. The SMILES string of the molecule is CCN(CC)Cc1ccc(CNCc2ccc(O)cc2)cc1. The van der Waals surface area contributed by atoms with Crippen LogP contribution in [0.15, 0.2) is 48.5 Å². The van der Waals surface area contributed by atoms with E-state index in [9.17, 15) is 5.11 Å². The molecule has 0 atom stereocenters. The molecule has 3 nitrogen and oxygen atoms in total. The van der Waals surface area contributed by atoms with Gasteiger partial charge in [-0.2, -0.15) is 0 Å². The van der Waals surface area contributed by atoms with Gasteiger partial charge in [-0.15, -0.1) is 0 Å². The van der Waals surface area contributed by atoms with Gasteiger partial charge in [-0.1, -0.05) is 50.2 Å². The largest absolute Gasteiger partial charge is 0.508 e. The lowest BCUT2D eigenvalue weighted by molar-refractivity contribution is 0.296. The second kappa shape index (κ2) is 8.57. The predicted octanol–water partition coefficient (Wildman–Crippen LogP) is 3.52. The average Bonchev–Trinajstić information content (AvgIpc) is 2.56. The van der Waals surface area contributed by atoms with Gasteiger partial charge in [-0.05, 0) is 41.9 Å². The van der Waals surface area contributed by atoms with Crippen LogP contribution >= 0.6 is 0 Å². The van der Waals surface area contributed by atoms with Gasteiger partial charge < -0.3 is 10.4 Å². The van der Waals surface area contributed by atoms with Crippen LogP contribution in [0.3, 0.4) is 0 Å². The number of aromatic hydroxyl groups is 1. The van der Waals surface area contributed by atoms with E-state index in [1.54, 1.807) is 12.1 Å². The monoisotopic (exact) mass is 298 g/mol. The van der Waals surface area contributed by atoms with Crippen LogP contribution in [0, 0.1) is 0 Å². The van der Waals surface area contributed by atoms with Crippen molar-refractivity contribution in [3.63, 3.8) is 0 Å². The predicted molar refractivity (Wildman–Crippen MR) is 91.7 cm³/mol. The molecule has 0 spiro atoms. The first-order valence-electron chi connectivity index (χ1n) is 8.00. The smallest absolute Gasteiger partial charge is 0.115 e. The van der Waals surface area contributed by atoms with Gasteiger partial charge in [0.1, 0.15) is 5.75 Å². The van der Waals surface area contributed by atoms with Crippen LogP contribution in [0.25, 0.3) is 0 Å². The zero-order chi connectivity index (χ0) is 15.8. The molecule has 2 aromatic carbocycles. The Morgan fingerprint density at radius 3 is 1.73 bits per heavy atom. The molecule has 0 saturated heterocycles. The van der Waals surface area contributed by atoms with E-state index in [1.165, 1.54) is 16.7 Å². The van der Waals surface area contributed by atoms with Crippen LogP contribution in [0.4, 0.5) is 0 Å². The molecule has 0 amide bonds. The Balaban J connectivity index is 1.80. The standard InChI is InChI=1S/C19H26N2O/c1-3-21(4-2)15-18-7-5-16(6-8-18)13-20-14-17-9-11-19(22)12-10-17/h5-12,20,22H,3-4,13-15H2,1-2H3. The van der Waals surface area contributed by atoms with E-state index >= 15 is 0 Å². The fourth-order valence-electron chi connectivity index (χ4n) is 2.43. The minimum absolute atomic E-state index is 0.313. The summed E-state index contributed by atoms with van der Waals surface area (Å²) >= 11 is 0. The Labute approximate surface area is 133 Å². The Hall–Kier alpha value is -1.84. The van der Waals surface area contributed by atoms with Crippen LogP contribution in [-0.2, 0) is 19.6 Å². The maximum Gasteiger partial charge on any atom is 0.115 e. The number of nitrogens with one attached hydrogen (secondary N) is 1. The van der Waals surface area contributed by atoms with Crippen LogP contribution in [0.5, 0.6) is 5.75 Å². The number of phenols is 1. The summed E-state index contributed by atoms with van der Waals surface area (Å²) in [5, 5.41) is 12.7. The third-order valence-electron chi connectivity index (χ3n) is 3.92. The van der Waals surface area contributed by atoms with E-state index in [2.05, 4.69) is 48.3 Å². The number of hydrogen-bond acceptors (Lipinski definition) is 3. The molecule has 0 unspecified atom stereocenters. The summed E-state index contributed by atoms with van der Waals surface area (Å²) in [6.07, 6.45) is 0. The van der Waals surface area contributed by atoms with E-state index in [4.69, 9.17) is 0 Å².